The number of ketones is 1. The normalized spacial score (nSPS) is 27.8. The van der Waals surface area contributed by atoms with E-state index in [0.717, 1.165) is 55.4 Å². The zero-order valence-corrected chi connectivity index (χ0v) is 16.2. The second-order valence-corrected chi connectivity index (χ2v) is 7.95. The van der Waals surface area contributed by atoms with E-state index in [1.54, 1.807) is 7.11 Å². The molecular weight excluding hydrogens is 324 g/mol. The summed E-state index contributed by atoms with van der Waals surface area (Å²) in [5.41, 5.74) is 4.87. The van der Waals surface area contributed by atoms with E-state index in [1.807, 2.05) is 25.1 Å². The van der Waals surface area contributed by atoms with Crippen LogP contribution < -0.4 is 0 Å². The molecule has 0 saturated heterocycles. The third-order valence-electron chi connectivity index (χ3n) is 6.08. The van der Waals surface area contributed by atoms with Gasteiger partial charge in [-0.15, -0.1) is 0 Å². The van der Waals surface area contributed by atoms with Crippen molar-refractivity contribution >= 4 is 11.9 Å². The van der Waals surface area contributed by atoms with Gasteiger partial charge in [-0.3, -0.25) is 4.79 Å². The van der Waals surface area contributed by atoms with Crippen LogP contribution in [-0.2, 0) is 16.0 Å². The molecule has 3 nitrogen and oxygen atoms in total. The molecule has 1 N–H and O–H groups in total. The largest absolute Gasteiger partial charge is 0.392 e. The molecule has 1 aromatic rings. The van der Waals surface area contributed by atoms with Crippen LogP contribution in [0.25, 0.3) is 6.08 Å². The summed E-state index contributed by atoms with van der Waals surface area (Å²) in [5.74, 6) is 0.149. The number of rotatable bonds is 5. The van der Waals surface area contributed by atoms with E-state index < -0.39 is 0 Å². The van der Waals surface area contributed by atoms with E-state index in [2.05, 4.69) is 19.1 Å². The molecule has 0 unspecified atom stereocenters. The van der Waals surface area contributed by atoms with Crippen molar-refractivity contribution in [2.24, 2.45) is 5.41 Å². The highest BCUT2D eigenvalue weighted by atomic mass is 16.5. The first-order chi connectivity index (χ1) is 12.5. The van der Waals surface area contributed by atoms with Crippen molar-refractivity contribution < 1.29 is 14.6 Å². The fourth-order valence-electron chi connectivity index (χ4n) is 4.55. The molecule has 26 heavy (non-hydrogen) atoms. The lowest BCUT2D eigenvalue weighted by atomic mass is 9.61. The predicted octanol–water partition coefficient (Wildman–Crippen LogP) is 4.49. The van der Waals surface area contributed by atoms with Crippen molar-refractivity contribution in [3.8, 4) is 0 Å². The number of carbonyl (C=O) groups excluding carboxylic acids is 1. The van der Waals surface area contributed by atoms with Gasteiger partial charge in [0.15, 0.2) is 5.78 Å². The van der Waals surface area contributed by atoms with E-state index >= 15 is 0 Å². The van der Waals surface area contributed by atoms with Crippen molar-refractivity contribution in [1.82, 2.24) is 0 Å². The Bertz CT molecular complexity index is 744. The Morgan fingerprint density at radius 1 is 1.38 bits per heavy atom. The Kier molecular flexibility index (Phi) is 5.79. The van der Waals surface area contributed by atoms with Gasteiger partial charge in [0.05, 0.1) is 6.10 Å². The fraction of sp³-hybridized carbons (Fsp3) is 0.522. The van der Waals surface area contributed by atoms with E-state index in [0.29, 0.717) is 6.42 Å². The predicted molar refractivity (Wildman–Crippen MR) is 105 cm³/mol. The second-order valence-electron chi connectivity index (χ2n) is 7.95. The quantitative estimate of drug-likeness (QED) is 0.626. The van der Waals surface area contributed by atoms with Gasteiger partial charge in [0.1, 0.15) is 0 Å². The molecule has 3 rings (SSSR count). The van der Waals surface area contributed by atoms with Gasteiger partial charge in [-0.2, -0.15) is 0 Å². The average Bonchev–Trinajstić information content (AvgIpc) is 2.62. The van der Waals surface area contributed by atoms with Crippen molar-refractivity contribution in [2.75, 3.05) is 13.7 Å². The molecule has 0 aliphatic heterocycles. The molecule has 2 aliphatic rings. The van der Waals surface area contributed by atoms with Crippen LogP contribution in [0.15, 0.2) is 41.0 Å². The van der Waals surface area contributed by atoms with Crippen LogP contribution in [-0.4, -0.2) is 30.7 Å². The molecule has 2 aliphatic carbocycles. The van der Waals surface area contributed by atoms with E-state index in [-0.39, 0.29) is 17.3 Å². The van der Waals surface area contributed by atoms with E-state index in [1.165, 1.54) is 11.1 Å². The van der Waals surface area contributed by atoms with Crippen LogP contribution >= 0.6 is 0 Å². The number of aliphatic hydroxyl groups is 1. The smallest absolute Gasteiger partial charge is 0.184 e. The highest BCUT2D eigenvalue weighted by molar-refractivity contribution is 6.12. The average molecular weight is 354 g/mol. The summed E-state index contributed by atoms with van der Waals surface area (Å²) in [5, 5.41) is 10.6. The Balaban J connectivity index is 1.88. The summed E-state index contributed by atoms with van der Waals surface area (Å²) >= 11 is 0. The standard InChI is InChI=1S/C23H30O3/c1-16-20-10-5-11-21(24)23(20,2)15-19(22(16)25)14-18-8-4-7-17(13-18)9-6-12-26-3/h4,7-8,13-14,21,24H,5-6,9-12,15H2,1-3H3/b19-14+/t21-,23-/m0/s1. The topological polar surface area (TPSA) is 46.5 Å². The van der Waals surface area contributed by atoms with Gasteiger partial charge in [0, 0.05) is 24.7 Å². The lowest BCUT2D eigenvalue weighted by molar-refractivity contribution is -0.113. The first-order valence-electron chi connectivity index (χ1n) is 9.67. The molecule has 1 fully saturated rings. The SMILES string of the molecule is COCCCc1cccc(/C=C2\C[C@@]3(C)C(=C(C)C2=O)CCC[C@@H]3O)c1. The number of carbonyl (C=O) groups is 1. The van der Waals surface area contributed by atoms with Crippen molar-refractivity contribution in [1.29, 1.82) is 0 Å². The summed E-state index contributed by atoms with van der Waals surface area (Å²) in [7, 11) is 1.72. The van der Waals surface area contributed by atoms with Gasteiger partial charge in [0.25, 0.3) is 0 Å². The number of allylic oxidation sites excluding steroid dienone is 2. The highest BCUT2D eigenvalue weighted by Crippen LogP contribution is 2.50. The monoisotopic (exact) mass is 354 g/mol. The third-order valence-corrected chi connectivity index (χ3v) is 6.08. The maximum atomic E-state index is 12.9. The summed E-state index contributed by atoms with van der Waals surface area (Å²) in [6, 6.07) is 8.38. The van der Waals surface area contributed by atoms with Crippen molar-refractivity contribution in [2.45, 2.75) is 58.5 Å². The second kappa shape index (κ2) is 7.89. The number of Topliss-reactive ketones (excluding diaryl/α,β-unsaturated/α-hetero) is 1. The Morgan fingerprint density at radius 3 is 2.96 bits per heavy atom. The summed E-state index contributed by atoms with van der Waals surface area (Å²) in [6.07, 6.45) is 6.99. The molecule has 3 heteroatoms. The zero-order chi connectivity index (χ0) is 18.7. The first kappa shape index (κ1) is 19.1. The molecule has 2 atom stereocenters. The number of benzene rings is 1. The molecule has 0 spiro atoms. The molecule has 0 aromatic heterocycles. The van der Waals surface area contributed by atoms with Gasteiger partial charge in [0.2, 0.25) is 0 Å². The van der Waals surface area contributed by atoms with Crippen LogP contribution in [0.4, 0.5) is 0 Å². The van der Waals surface area contributed by atoms with Gasteiger partial charge in [-0.25, -0.2) is 0 Å². The minimum absolute atomic E-state index is 0.149. The van der Waals surface area contributed by atoms with Crippen LogP contribution in [0.1, 0.15) is 57.1 Å². The molecule has 0 amide bonds. The van der Waals surface area contributed by atoms with Crippen LogP contribution in [0, 0.1) is 5.41 Å². The minimum atomic E-state index is -0.363. The van der Waals surface area contributed by atoms with Gasteiger partial charge in [-0.05, 0) is 68.2 Å². The molecule has 0 bridgehead atoms. The maximum absolute atomic E-state index is 12.9. The number of hydrogen-bond donors (Lipinski definition) is 1. The fourth-order valence-corrected chi connectivity index (χ4v) is 4.55. The van der Waals surface area contributed by atoms with Crippen LogP contribution in [0.5, 0.6) is 0 Å². The summed E-state index contributed by atoms with van der Waals surface area (Å²) in [6.45, 7) is 4.81. The zero-order valence-electron chi connectivity index (χ0n) is 16.2. The number of aryl methyl sites for hydroxylation is 1. The summed E-state index contributed by atoms with van der Waals surface area (Å²) < 4.78 is 5.13. The van der Waals surface area contributed by atoms with Gasteiger partial charge in [-0.1, -0.05) is 36.8 Å². The van der Waals surface area contributed by atoms with E-state index in [9.17, 15) is 9.90 Å². The Hall–Kier alpha value is -1.71. The lowest BCUT2D eigenvalue weighted by Crippen LogP contribution is -2.42. The highest BCUT2D eigenvalue weighted by Gasteiger charge is 2.45. The lowest BCUT2D eigenvalue weighted by Gasteiger charge is -2.45. The maximum Gasteiger partial charge on any atom is 0.184 e. The number of methoxy groups -OCH3 is 1. The number of ether oxygens (including phenoxy) is 1. The molecule has 0 heterocycles. The molecular formula is C23H30O3. The molecule has 0 radical (unpaired) electrons. The van der Waals surface area contributed by atoms with E-state index in [4.69, 9.17) is 4.74 Å². The molecule has 1 saturated carbocycles. The summed E-state index contributed by atoms with van der Waals surface area (Å²) in [4.78, 5) is 12.9. The third kappa shape index (κ3) is 3.70. The number of aliphatic hydroxyl groups excluding tert-OH is 1. The van der Waals surface area contributed by atoms with Crippen LogP contribution in [0.3, 0.4) is 0 Å². The van der Waals surface area contributed by atoms with Gasteiger partial charge < -0.3 is 9.84 Å². The first-order valence-corrected chi connectivity index (χ1v) is 9.67. The Morgan fingerprint density at radius 2 is 2.19 bits per heavy atom. The van der Waals surface area contributed by atoms with Crippen molar-refractivity contribution in [3.05, 3.63) is 52.1 Å². The van der Waals surface area contributed by atoms with Crippen molar-refractivity contribution in [3.63, 3.8) is 0 Å². The molecule has 1 aromatic carbocycles. The number of fused-ring (bicyclic) bond motifs is 1. The Labute approximate surface area is 156 Å². The number of hydrogen-bond acceptors (Lipinski definition) is 3. The molecule has 140 valence electrons. The van der Waals surface area contributed by atoms with Gasteiger partial charge >= 0.3 is 0 Å². The van der Waals surface area contributed by atoms with Crippen LogP contribution in [0.2, 0.25) is 0 Å². The minimum Gasteiger partial charge on any atom is -0.392 e.